The molecule has 6 heteroatoms. The summed E-state index contributed by atoms with van der Waals surface area (Å²) >= 11 is 6.94. The van der Waals surface area contributed by atoms with Gasteiger partial charge in [-0.3, -0.25) is 0 Å². The van der Waals surface area contributed by atoms with Crippen LogP contribution in [0.3, 0.4) is 0 Å². The van der Waals surface area contributed by atoms with Gasteiger partial charge in [-0.15, -0.1) is 0 Å². The summed E-state index contributed by atoms with van der Waals surface area (Å²) < 4.78 is 17.2. The summed E-state index contributed by atoms with van der Waals surface area (Å²) in [6.45, 7) is 8.77. The summed E-state index contributed by atoms with van der Waals surface area (Å²) in [7, 11) is 0. The van der Waals surface area contributed by atoms with Crippen LogP contribution in [0.2, 0.25) is 5.02 Å². The zero-order valence-electron chi connectivity index (χ0n) is 24.7. The van der Waals surface area contributed by atoms with Crippen molar-refractivity contribution in [2.75, 3.05) is 13.2 Å². The predicted octanol–water partition coefficient (Wildman–Crippen LogP) is 9.19. The van der Waals surface area contributed by atoms with Gasteiger partial charge in [0.2, 0.25) is 0 Å². The molecule has 4 rings (SSSR count). The molecule has 0 radical (unpaired) electrons. The third kappa shape index (κ3) is 8.89. The van der Waals surface area contributed by atoms with Crippen LogP contribution in [0.4, 0.5) is 4.79 Å². The molecule has 0 aliphatic carbocycles. The molecule has 0 saturated carbocycles. The minimum absolute atomic E-state index is 0.321. The lowest BCUT2D eigenvalue weighted by atomic mass is 9.88. The van der Waals surface area contributed by atoms with Gasteiger partial charge in [0.15, 0.2) is 0 Å². The van der Waals surface area contributed by atoms with E-state index in [4.69, 9.17) is 25.8 Å². The van der Waals surface area contributed by atoms with Crippen LogP contribution in [0.1, 0.15) is 56.4 Å². The van der Waals surface area contributed by atoms with Gasteiger partial charge in [0.1, 0.15) is 30.3 Å². The lowest BCUT2D eigenvalue weighted by molar-refractivity contribution is 0.0520. The van der Waals surface area contributed by atoms with Gasteiger partial charge in [-0.05, 0) is 85.4 Å². The summed E-state index contributed by atoms with van der Waals surface area (Å²) in [5.74, 6) is 1.42. The smallest absolute Gasteiger partial charge is 0.407 e. The number of carbonyl (C=O) groups excluding carboxylic acids is 1. The third-order valence-electron chi connectivity index (χ3n) is 6.42. The van der Waals surface area contributed by atoms with Crippen LogP contribution < -0.4 is 14.8 Å². The van der Waals surface area contributed by atoms with Crippen molar-refractivity contribution in [1.29, 1.82) is 0 Å². The van der Waals surface area contributed by atoms with E-state index in [1.807, 2.05) is 112 Å². The van der Waals surface area contributed by atoms with Gasteiger partial charge in [-0.25, -0.2) is 4.79 Å². The first kappa shape index (κ1) is 30.7. The SMILES string of the molecule is CC/C(=C(/c1ccc(OCCNC(=O)OC(C)(C)C)cc1)c1ccc(OCc2ccccc2)cc1Cl)c1ccccc1. The minimum Gasteiger partial charge on any atom is -0.492 e. The summed E-state index contributed by atoms with van der Waals surface area (Å²) in [6.07, 6.45) is 0.355. The van der Waals surface area contributed by atoms with Crippen molar-refractivity contribution < 1.29 is 19.0 Å². The highest BCUT2D eigenvalue weighted by molar-refractivity contribution is 6.33. The number of alkyl carbamates (subject to hydrolysis) is 1. The zero-order valence-corrected chi connectivity index (χ0v) is 25.4. The fourth-order valence-electron chi connectivity index (χ4n) is 4.54. The fraction of sp³-hybridized carbons (Fsp3) is 0.250. The number of amides is 1. The number of ether oxygens (including phenoxy) is 3. The zero-order chi connectivity index (χ0) is 30.0. The van der Waals surface area contributed by atoms with Gasteiger partial charge in [-0.1, -0.05) is 91.3 Å². The fourth-order valence-corrected chi connectivity index (χ4v) is 4.81. The molecule has 218 valence electrons. The van der Waals surface area contributed by atoms with Crippen LogP contribution in [0, 0.1) is 0 Å². The van der Waals surface area contributed by atoms with Crippen LogP contribution >= 0.6 is 11.6 Å². The molecule has 0 aromatic heterocycles. The van der Waals surface area contributed by atoms with Gasteiger partial charge in [0.05, 0.1) is 11.6 Å². The molecular formula is C36H38ClNO4. The molecule has 0 heterocycles. The Labute approximate surface area is 254 Å². The number of allylic oxidation sites excluding steroid dienone is 1. The molecule has 0 atom stereocenters. The monoisotopic (exact) mass is 583 g/mol. The molecule has 5 nitrogen and oxygen atoms in total. The van der Waals surface area contributed by atoms with Gasteiger partial charge in [0.25, 0.3) is 0 Å². The average molecular weight is 584 g/mol. The molecule has 0 fully saturated rings. The molecule has 0 aliphatic rings. The second-order valence-corrected chi connectivity index (χ2v) is 11.2. The maximum Gasteiger partial charge on any atom is 0.407 e. The Balaban J connectivity index is 1.56. The van der Waals surface area contributed by atoms with Crippen molar-refractivity contribution in [3.63, 3.8) is 0 Å². The van der Waals surface area contributed by atoms with Crippen LogP contribution in [0.15, 0.2) is 103 Å². The maximum atomic E-state index is 11.9. The van der Waals surface area contributed by atoms with Crippen molar-refractivity contribution in [1.82, 2.24) is 5.32 Å². The van der Waals surface area contributed by atoms with Gasteiger partial charge in [0, 0.05) is 5.56 Å². The predicted molar refractivity (Wildman–Crippen MR) is 171 cm³/mol. The second-order valence-electron chi connectivity index (χ2n) is 10.8. The first-order chi connectivity index (χ1) is 20.2. The van der Waals surface area contributed by atoms with Crippen molar-refractivity contribution in [2.45, 2.75) is 46.3 Å². The molecule has 0 aliphatic heterocycles. The molecule has 1 N–H and O–H groups in total. The van der Waals surface area contributed by atoms with E-state index in [2.05, 4.69) is 24.4 Å². The molecule has 0 unspecified atom stereocenters. The highest BCUT2D eigenvalue weighted by Crippen LogP contribution is 2.39. The summed E-state index contributed by atoms with van der Waals surface area (Å²) in [5, 5.41) is 3.33. The Morgan fingerprint density at radius 1 is 0.786 bits per heavy atom. The molecule has 0 spiro atoms. The number of halogens is 1. The first-order valence-electron chi connectivity index (χ1n) is 14.2. The Bertz CT molecular complexity index is 1480. The van der Waals surface area contributed by atoms with Crippen molar-refractivity contribution in [3.05, 3.63) is 130 Å². The quantitative estimate of drug-likeness (QED) is 0.141. The van der Waals surface area contributed by atoms with E-state index in [9.17, 15) is 4.79 Å². The second kappa shape index (κ2) is 14.6. The van der Waals surface area contributed by atoms with Crippen LogP contribution in [-0.2, 0) is 11.3 Å². The van der Waals surface area contributed by atoms with Crippen LogP contribution in [0.5, 0.6) is 11.5 Å². The molecule has 0 bridgehead atoms. The largest absolute Gasteiger partial charge is 0.492 e. The van der Waals surface area contributed by atoms with E-state index in [0.717, 1.165) is 34.2 Å². The standard InChI is InChI=1S/C36H38ClNO4/c1-5-31(27-14-10-7-11-15-27)34(32-21-20-30(24-33(32)37)41-25-26-12-8-6-9-13-26)28-16-18-29(19-17-28)40-23-22-38-35(39)42-36(2,3)4/h6-21,24H,5,22-23,25H2,1-4H3,(H,38,39)/b34-31+. The van der Waals surface area contributed by atoms with E-state index in [0.29, 0.717) is 36.3 Å². The van der Waals surface area contributed by atoms with Crippen molar-refractivity contribution >= 4 is 28.8 Å². The van der Waals surface area contributed by atoms with Crippen molar-refractivity contribution in [3.8, 4) is 11.5 Å². The summed E-state index contributed by atoms with van der Waals surface area (Å²) in [5.41, 5.74) is 5.89. The number of hydrogen-bond donors (Lipinski definition) is 1. The Kier molecular flexibility index (Phi) is 10.7. The van der Waals surface area contributed by atoms with E-state index in [1.54, 1.807) is 0 Å². The Hall–Kier alpha value is -4.22. The van der Waals surface area contributed by atoms with Gasteiger partial charge < -0.3 is 19.5 Å². The first-order valence-corrected chi connectivity index (χ1v) is 14.6. The lowest BCUT2D eigenvalue weighted by Gasteiger charge is -2.20. The number of hydrogen-bond acceptors (Lipinski definition) is 4. The molecule has 4 aromatic carbocycles. The minimum atomic E-state index is -0.540. The summed E-state index contributed by atoms with van der Waals surface area (Å²) in [6, 6.07) is 34.3. The average Bonchev–Trinajstić information content (AvgIpc) is 2.98. The molecular weight excluding hydrogens is 546 g/mol. The van der Waals surface area contributed by atoms with Crippen molar-refractivity contribution in [2.24, 2.45) is 0 Å². The molecule has 0 saturated heterocycles. The highest BCUT2D eigenvalue weighted by atomic mass is 35.5. The van der Waals surface area contributed by atoms with Crippen LogP contribution in [0.25, 0.3) is 11.1 Å². The van der Waals surface area contributed by atoms with Gasteiger partial charge >= 0.3 is 6.09 Å². The van der Waals surface area contributed by atoms with Crippen LogP contribution in [-0.4, -0.2) is 24.8 Å². The number of benzene rings is 4. The van der Waals surface area contributed by atoms with E-state index in [-0.39, 0.29) is 0 Å². The normalized spacial score (nSPS) is 11.8. The molecule has 1 amide bonds. The Morgan fingerprint density at radius 3 is 2.05 bits per heavy atom. The van der Waals surface area contributed by atoms with Gasteiger partial charge in [-0.2, -0.15) is 0 Å². The van der Waals surface area contributed by atoms with E-state index >= 15 is 0 Å². The topological polar surface area (TPSA) is 56.8 Å². The number of nitrogens with one attached hydrogen (secondary N) is 1. The van der Waals surface area contributed by atoms with E-state index in [1.165, 1.54) is 5.57 Å². The highest BCUT2D eigenvalue weighted by Gasteiger charge is 2.17. The maximum absolute atomic E-state index is 11.9. The number of carbonyl (C=O) groups is 1. The van der Waals surface area contributed by atoms with E-state index < -0.39 is 11.7 Å². The number of rotatable bonds is 11. The lowest BCUT2D eigenvalue weighted by Crippen LogP contribution is -2.34. The Morgan fingerprint density at radius 2 is 1.43 bits per heavy atom. The summed E-state index contributed by atoms with van der Waals surface area (Å²) in [4.78, 5) is 11.9. The molecule has 4 aromatic rings. The third-order valence-corrected chi connectivity index (χ3v) is 6.73. The molecule has 42 heavy (non-hydrogen) atoms.